The van der Waals surface area contributed by atoms with Crippen molar-refractivity contribution in [3.05, 3.63) is 18.0 Å². The van der Waals surface area contributed by atoms with E-state index < -0.39 is 11.9 Å². The number of ether oxygens (including phenoxy) is 2. The number of rotatable bonds is 5. The van der Waals surface area contributed by atoms with Crippen LogP contribution in [0.5, 0.6) is 0 Å². The van der Waals surface area contributed by atoms with Gasteiger partial charge in [0, 0.05) is 25.5 Å². The van der Waals surface area contributed by atoms with Crippen LogP contribution in [0.25, 0.3) is 0 Å². The van der Waals surface area contributed by atoms with Gasteiger partial charge in [0.1, 0.15) is 0 Å². The lowest BCUT2D eigenvalue weighted by Crippen LogP contribution is -2.17. The average molecular weight is 240 g/mol. The summed E-state index contributed by atoms with van der Waals surface area (Å²) >= 11 is 0. The zero-order valence-electron chi connectivity index (χ0n) is 9.70. The molecule has 94 valence electrons. The Kier molecular flexibility index (Phi) is 3.75. The molecule has 1 fully saturated rings. The van der Waals surface area contributed by atoms with Crippen molar-refractivity contribution in [3.63, 3.8) is 0 Å². The van der Waals surface area contributed by atoms with E-state index in [1.165, 1.54) is 0 Å². The third-order valence-corrected chi connectivity index (χ3v) is 2.92. The first kappa shape index (κ1) is 12.1. The Morgan fingerprint density at radius 3 is 3.29 bits per heavy atom. The Morgan fingerprint density at radius 2 is 2.59 bits per heavy atom. The summed E-state index contributed by atoms with van der Waals surface area (Å²) in [6.07, 6.45) is 3.68. The number of methoxy groups -OCH3 is 1. The molecule has 6 nitrogen and oxygen atoms in total. The Bertz CT molecular complexity index is 391. The molecule has 1 aromatic rings. The third kappa shape index (κ3) is 2.65. The minimum absolute atomic E-state index is 0.371. The minimum Gasteiger partial charge on any atom is -0.481 e. The molecule has 0 spiro atoms. The van der Waals surface area contributed by atoms with Crippen molar-refractivity contribution < 1.29 is 19.4 Å². The molecule has 1 aromatic heterocycles. The molecule has 1 aliphatic heterocycles. The van der Waals surface area contributed by atoms with Crippen LogP contribution in [0.3, 0.4) is 0 Å². The molecule has 0 aliphatic carbocycles. The molecule has 0 radical (unpaired) electrons. The van der Waals surface area contributed by atoms with Crippen LogP contribution in [-0.2, 0) is 20.8 Å². The molecule has 1 saturated heterocycles. The topological polar surface area (TPSA) is 73.6 Å². The van der Waals surface area contributed by atoms with Gasteiger partial charge < -0.3 is 14.6 Å². The molecule has 1 aliphatic rings. The third-order valence-electron chi connectivity index (χ3n) is 2.92. The highest BCUT2D eigenvalue weighted by atomic mass is 16.5. The smallest absolute Gasteiger partial charge is 0.309 e. The second kappa shape index (κ2) is 5.29. The monoisotopic (exact) mass is 240 g/mol. The van der Waals surface area contributed by atoms with Crippen LogP contribution in [0.15, 0.2) is 12.4 Å². The fraction of sp³-hybridized carbons (Fsp3) is 0.636. The van der Waals surface area contributed by atoms with E-state index in [-0.39, 0.29) is 6.10 Å². The van der Waals surface area contributed by atoms with Crippen LogP contribution < -0.4 is 0 Å². The van der Waals surface area contributed by atoms with Gasteiger partial charge in [0.15, 0.2) is 0 Å². The standard InChI is InChI=1S/C11H16N2O4/c1-16-5-3-13-7-8(6-12-13)10-9(11(14)15)2-4-17-10/h6-7,9-10H,2-5H2,1H3,(H,14,15)/t9-,10-/m1/s1. The first-order chi connectivity index (χ1) is 8.22. The largest absolute Gasteiger partial charge is 0.481 e. The highest BCUT2D eigenvalue weighted by molar-refractivity contribution is 5.71. The van der Waals surface area contributed by atoms with Crippen molar-refractivity contribution in [1.82, 2.24) is 9.78 Å². The molecule has 0 amide bonds. The SMILES string of the molecule is COCCn1cc([C@H]2OCC[C@H]2C(=O)O)cn1. The Labute approximate surface area is 99.1 Å². The van der Waals surface area contributed by atoms with Crippen LogP contribution in [0.4, 0.5) is 0 Å². The van der Waals surface area contributed by atoms with Crippen LogP contribution in [0.1, 0.15) is 18.1 Å². The van der Waals surface area contributed by atoms with E-state index in [0.29, 0.717) is 26.2 Å². The fourth-order valence-electron chi connectivity index (χ4n) is 2.00. The van der Waals surface area contributed by atoms with Gasteiger partial charge >= 0.3 is 5.97 Å². The van der Waals surface area contributed by atoms with Crippen LogP contribution in [0, 0.1) is 5.92 Å². The van der Waals surface area contributed by atoms with Gasteiger partial charge in [0.2, 0.25) is 0 Å². The molecular formula is C11H16N2O4. The lowest BCUT2D eigenvalue weighted by Gasteiger charge is -2.12. The van der Waals surface area contributed by atoms with Crippen molar-refractivity contribution >= 4 is 5.97 Å². The number of hydrogen-bond acceptors (Lipinski definition) is 4. The van der Waals surface area contributed by atoms with Crippen LogP contribution >= 0.6 is 0 Å². The second-order valence-corrected chi connectivity index (χ2v) is 4.05. The van der Waals surface area contributed by atoms with Gasteiger partial charge in [-0.3, -0.25) is 9.48 Å². The summed E-state index contributed by atoms with van der Waals surface area (Å²) in [5.41, 5.74) is 0.825. The molecule has 17 heavy (non-hydrogen) atoms. The van der Waals surface area contributed by atoms with Crippen molar-refractivity contribution in [2.45, 2.75) is 19.1 Å². The van der Waals surface area contributed by atoms with Crippen molar-refractivity contribution in [3.8, 4) is 0 Å². The molecule has 0 saturated carbocycles. The number of carboxylic acids is 1. The summed E-state index contributed by atoms with van der Waals surface area (Å²) in [7, 11) is 1.63. The van der Waals surface area contributed by atoms with E-state index >= 15 is 0 Å². The van der Waals surface area contributed by atoms with Gasteiger partial charge in [-0.25, -0.2) is 0 Å². The number of carboxylic acid groups (broad SMARTS) is 1. The van der Waals surface area contributed by atoms with E-state index in [9.17, 15) is 4.79 Å². The van der Waals surface area contributed by atoms with Crippen LogP contribution in [0.2, 0.25) is 0 Å². The maximum absolute atomic E-state index is 11.0. The number of hydrogen-bond donors (Lipinski definition) is 1. The molecule has 0 unspecified atom stereocenters. The highest BCUT2D eigenvalue weighted by Gasteiger charge is 2.35. The lowest BCUT2D eigenvalue weighted by molar-refractivity contribution is -0.143. The summed E-state index contributed by atoms with van der Waals surface area (Å²) < 4.78 is 12.2. The molecule has 6 heteroatoms. The Morgan fingerprint density at radius 1 is 1.76 bits per heavy atom. The molecule has 0 aromatic carbocycles. The lowest BCUT2D eigenvalue weighted by atomic mass is 9.98. The van der Waals surface area contributed by atoms with Crippen molar-refractivity contribution in [2.24, 2.45) is 5.92 Å². The van der Waals surface area contributed by atoms with Crippen molar-refractivity contribution in [2.75, 3.05) is 20.3 Å². The van der Waals surface area contributed by atoms with E-state index in [1.807, 2.05) is 6.20 Å². The number of carbonyl (C=O) groups is 1. The molecule has 2 atom stereocenters. The predicted molar refractivity (Wildman–Crippen MR) is 58.5 cm³/mol. The average Bonchev–Trinajstić information content (AvgIpc) is 2.94. The Hall–Kier alpha value is -1.40. The predicted octanol–water partition coefficient (Wildman–Crippen LogP) is 0.692. The summed E-state index contributed by atoms with van der Waals surface area (Å²) in [6.45, 7) is 1.72. The van der Waals surface area contributed by atoms with E-state index in [1.54, 1.807) is 18.0 Å². The van der Waals surface area contributed by atoms with E-state index in [2.05, 4.69) is 5.10 Å². The van der Waals surface area contributed by atoms with Gasteiger partial charge in [0.25, 0.3) is 0 Å². The second-order valence-electron chi connectivity index (χ2n) is 4.05. The Balaban J connectivity index is 2.06. The number of aromatic nitrogens is 2. The van der Waals surface area contributed by atoms with E-state index in [4.69, 9.17) is 14.6 Å². The van der Waals surface area contributed by atoms with Gasteiger partial charge in [-0.2, -0.15) is 5.10 Å². The summed E-state index contributed by atoms with van der Waals surface area (Å²) in [6, 6.07) is 0. The van der Waals surface area contributed by atoms with Gasteiger partial charge in [-0.15, -0.1) is 0 Å². The van der Waals surface area contributed by atoms with Gasteiger partial charge in [-0.1, -0.05) is 0 Å². The molecule has 0 bridgehead atoms. The van der Waals surface area contributed by atoms with Gasteiger partial charge in [0.05, 0.1) is 31.4 Å². The fourth-order valence-corrected chi connectivity index (χ4v) is 2.00. The summed E-state index contributed by atoms with van der Waals surface area (Å²) in [4.78, 5) is 11.0. The maximum Gasteiger partial charge on any atom is 0.309 e. The first-order valence-electron chi connectivity index (χ1n) is 5.58. The first-order valence-corrected chi connectivity index (χ1v) is 5.58. The minimum atomic E-state index is -0.808. The maximum atomic E-state index is 11.0. The normalized spacial score (nSPS) is 24.1. The van der Waals surface area contributed by atoms with E-state index in [0.717, 1.165) is 5.56 Å². The van der Waals surface area contributed by atoms with Crippen LogP contribution in [-0.4, -0.2) is 41.2 Å². The molecule has 2 rings (SSSR count). The quantitative estimate of drug-likeness (QED) is 0.819. The zero-order valence-corrected chi connectivity index (χ0v) is 9.70. The zero-order chi connectivity index (χ0) is 12.3. The number of aliphatic carboxylic acids is 1. The molecular weight excluding hydrogens is 224 g/mol. The molecule has 1 N–H and O–H groups in total. The number of nitrogens with zero attached hydrogens (tertiary/aromatic N) is 2. The van der Waals surface area contributed by atoms with Crippen molar-refractivity contribution in [1.29, 1.82) is 0 Å². The summed E-state index contributed by atoms with van der Waals surface area (Å²) in [5.74, 6) is -1.27. The molecule has 2 heterocycles. The van der Waals surface area contributed by atoms with Gasteiger partial charge in [-0.05, 0) is 6.42 Å². The summed E-state index contributed by atoms with van der Waals surface area (Å²) in [5, 5.41) is 13.2. The highest BCUT2D eigenvalue weighted by Crippen LogP contribution is 2.34.